The Balaban J connectivity index is 2.13. The number of benzene rings is 1. The lowest BCUT2D eigenvalue weighted by atomic mass is 9.80. The molecular formula is C14H18Cl2O2. The molecule has 0 heterocycles. The Morgan fingerprint density at radius 3 is 2.61 bits per heavy atom. The van der Waals surface area contributed by atoms with Crippen LogP contribution >= 0.6 is 23.2 Å². The number of aliphatic hydroxyl groups is 1. The molecule has 1 unspecified atom stereocenters. The summed E-state index contributed by atoms with van der Waals surface area (Å²) in [6.45, 7) is 2.43. The van der Waals surface area contributed by atoms with Crippen LogP contribution in [-0.4, -0.2) is 11.7 Å². The summed E-state index contributed by atoms with van der Waals surface area (Å²) in [4.78, 5) is 0. The number of ether oxygens (including phenoxy) is 1. The number of aliphatic hydroxyl groups excluding tert-OH is 1. The monoisotopic (exact) mass is 288 g/mol. The van der Waals surface area contributed by atoms with Crippen molar-refractivity contribution in [3.63, 3.8) is 0 Å². The summed E-state index contributed by atoms with van der Waals surface area (Å²) in [7, 11) is 0. The van der Waals surface area contributed by atoms with Gasteiger partial charge in [0.1, 0.15) is 5.75 Å². The van der Waals surface area contributed by atoms with Crippen molar-refractivity contribution in [2.45, 2.75) is 38.7 Å². The fourth-order valence-corrected chi connectivity index (χ4v) is 2.74. The molecule has 100 valence electrons. The lowest BCUT2D eigenvalue weighted by molar-refractivity contribution is 0.118. The van der Waals surface area contributed by atoms with Crippen LogP contribution in [0.15, 0.2) is 12.1 Å². The van der Waals surface area contributed by atoms with Crippen LogP contribution in [0.3, 0.4) is 0 Å². The van der Waals surface area contributed by atoms with Gasteiger partial charge in [-0.25, -0.2) is 0 Å². The van der Waals surface area contributed by atoms with Gasteiger partial charge >= 0.3 is 0 Å². The zero-order chi connectivity index (χ0) is 13.1. The van der Waals surface area contributed by atoms with E-state index in [1.165, 1.54) is 19.3 Å². The number of rotatable bonds is 5. The van der Waals surface area contributed by atoms with Gasteiger partial charge < -0.3 is 9.84 Å². The summed E-state index contributed by atoms with van der Waals surface area (Å²) in [5.74, 6) is 1.20. The van der Waals surface area contributed by atoms with Gasteiger partial charge in [-0.1, -0.05) is 42.5 Å². The zero-order valence-electron chi connectivity index (χ0n) is 10.5. The van der Waals surface area contributed by atoms with Gasteiger partial charge in [0.2, 0.25) is 0 Å². The first kappa shape index (κ1) is 14.0. The summed E-state index contributed by atoms with van der Waals surface area (Å²) in [5.41, 5.74) is 0.706. The highest BCUT2D eigenvalue weighted by atomic mass is 35.5. The number of hydrogen-bond donors (Lipinski definition) is 1. The van der Waals surface area contributed by atoms with Crippen LogP contribution < -0.4 is 4.74 Å². The van der Waals surface area contributed by atoms with Gasteiger partial charge in [-0.3, -0.25) is 0 Å². The van der Waals surface area contributed by atoms with E-state index in [0.717, 1.165) is 6.42 Å². The minimum atomic E-state index is -0.532. The molecule has 18 heavy (non-hydrogen) atoms. The van der Waals surface area contributed by atoms with Gasteiger partial charge in [-0.05, 0) is 25.3 Å². The molecule has 1 N–H and O–H groups in total. The SMILES string of the molecule is CCOc1cc(Cl)c(C(O)CC2CCC2)cc1Cl. The van der Waals surface area contributed by atoms with E-state index >= 15 is 0 Å². The summed E-state index contributed by atoms with van der Waals surface area (Å²) in [6, 6.07) is 3.41. The second kappa shape index (κ2) is 6.14. The maximum Gasteiger partial charge on any atom is 0.139 e. The van der Waals surface area contributed by atoms with Gasteiger partial charge in [0.25, 0.3) is 0 Å². The van der Waals surface area contributed by atoms with Crippen LogP contribution in [0.25, 0.3) is 0 Å². The van der Waals surface area contributed by atoms with Crippen LogP contribution in [0.2, 0.25) is 10.0 Å². The van der Waals surface area contributed by atoms with Gasteiger partial charge in [0.05, 0.1) is 22.8 Å². The number of hydrogen-bond acceptors (Lipinski definition) is 2. The third kappa shape index (κ3) is 3.11. The molecule has 0 radical (unpaired) electrons. The topological polar surface area (TPSA) is 29.5 Å². The Morgan fingerprint density at radius 2 is 2.06 bits per heavy atom. The fourth-order valence-electron chi connectivity index (χ4n) is 2.24. The Kier molecular flexibility index (Phi) is 4.77. The molecule has 1 aromatic rings. The van der Waals surface area contributed by atoms with Crippen molar-refractivity contribution in [3.8, 4) is 5.75 Å². The average molecular weight is 289 g/mol. The quantitative estimate of drug-likeness (QED) is 0.857. The summed E-state index contributed by atoms with van der Waals surface area (Å²) < 4.78 is 5.37. The molecule has 0 aromatic heterocycles. The van der Waals surface area contributed by atoms with Crippen LogP contribution in [0.5, 0.6) is 5.75 Å². The zero-order valence-corrected chi connectivity index (χ0v) is 12.0. The highest BCUT2D eigenvalue weighted by Gasteiger charge is 2.23. The molecule has 0 spiro atoms. The third-order valence-electron chi connectivity index (χ3n) is 3.49. The lowest BCUT2D eigenvalue weighted by Gasteiger charge is -2.28. The van der Waals surface area contributed by atoms with E-state index in [-0.39, 0.29) is 0 Å². The lowest BCUT2D eigenvalue weighted by Crippen LogP contribution is -2.15. The van der Waals surface area contributed by atoms with Crippen LogP contribution in [0.1, 0.15) is 44.3 Å². The third-order valence-corrected chi connectivity index (χ3v) is 4.11. The molecule has 2 rings (SSSR count). The first-order valence-corrected chi connectivity index (χ1v) is 7.17. The second-order valence-electron chi connectivity index (χ2n) is 4.79. The van der Waals surface area contributed by atoms with Gasteiger partial charge in [-0.15, -0.1) is 0 Å². The fraction of sp³-hybridized carbons (Fsp3) is 0.571. The number of halogens is 2. The van der Waals surface area contributed by atoms with E-state index in [1.54, 1.807) is 12.1 Å². The molecule has 1 aromatic carbocycles. The normalized spacial score (nSPS) is 17.3. The average Bonchev–Trinajstić information content (AvgIpc) is 2.28. The van der Waals surface area contributed by atoms with Crippen molar-refractivity contribution < 1.29 is 9.84 Å². The van der Waals surface area contributed by atoms with Gasteiger partial charge in [0.15, 0.2) is 0 Å². The molecule has 2 nitrogen and oxygen atoms in total. The molecule has 0 saturated heterocycles. The maximum atomic E-state index is 10.2. The molecule has 0 bridgehead atoms. The molecule has 0 aliphatic heterocycles. The van der Waals surface area contributed by atoms with Crippen molar-refractivity contribution in [3.05, 3.63) is 27.7 Å². The molecule has 1 aliphatic rings. The minimum Gasteiger partial charge on any atom is -0.492 e. The Bertz CT molecular complexity index is 417. The molecule has 1 aliphatic carbocycles. The van der Waals surface area contributed by atoms with E-state index in [1.807, 2.05) is 6.92 Å². The largest absolute Gasteiger partial charge is 0.492 e. The Morgan fingerprint density at radius 1 is 1.33 bits per heavy atom. The maximum absolute atomic E-state index is 10.2. The van der Waals surface area contributed by atoms with Crippen molar-refractivity contribution in [2.75, 3.05) is 6.61 Å². The molecule has 1 atom stereocenters. The summed E-state index contributed by atoms with van der Waals surface area (Å²) in [6.07, 6.45) is 3.92. The Hall–Kier alpha value is -0.440. The van der Waals surface area contributed by atoms with Gasteiger partial charge in [0, 0.05) is 11.6 Å². The van der Waals surface area contributed by atoms with Crippen molar-refractivity contribution in [2.24, 2.45) is 5.92 Å². The molecule has 0 amide bonds. The van der Waals surface area contributed by atoms with Crippen LogP contribution in [0.4, 0.5) is 0 Å². The van der Waals surface area contributed by atoms with E-state index in [4.69, 9.17) is 27.9 Å². The van der Waals surface area contributed by atoms with E-state index < -0.39 is 6.10 Å². The van der Waals surface area contributed by atoms with E-state index in [9.17, 15) is 5.11 Å². The minimum absolute atomic E-state index is 0.504. The Labute approximate surface area is 118 Å². The second-order valence-corrected chi connectivity index (χ2v) is 5.60. The van der Waals surface area contributed by atoms with E-state index in [0.29, 0.717) is 33.9 Å². The predicted octanol–water partition coefficient (Wildman–Crippen LogP) is 4.62. The van der Waals surface area contributed by atoms with Crippen LogP contribution in [-0.2, 0) is 0 Å². The standard InChI is InChI=1S/C14H18Cl2O2/c1-2-18-14-8-11(15)10(7-12(14)16)13(17)6-9-4-3-5-9/h7-9,13,17H,2-6H2,1H3. The summed E-state index contributed by atoms with van der Waals surface area (Å²) >= 11 is 12.3. The smallest absolute Gasteiger partial charge is 0.139 e. The van der Waals surface area contributed by atoms with Crippen molar-refractivity contribution in [1.82, 2.24) is 0 Å². The van der Waals surface area contributed by atoms with Crippen molar-refractivity contribution in [1.29, 1.82) is 0 Å². The van der Waals surface area contributed by atoms with Gasteiger partial charge in [-0.2, -0.15) is 0 Å². The molecule has 4 heteroatoms. The highest BCUT2D eigenvalue weighted by Crippen LogP contribution is 2.39. The highest BCUT2D eigenvalue weighted by molar-refractivity contribution is 6.34. The first-order valence-electron chi connectivity index (χ1n) is 6.41. The molecule has 1 saturated carbocycles. The van der Waals surface area contributed by atoms with Crippen LogP contribution in [0, 0.1) is 5.92 Å². The van der Waals surface area contributed by atoms with E-state index in [2.05, 4.69) is 0 Å². The molecular weight excluding hydrogens is 271 g/mol. The first-order chi connectivity index (χ1) is 8.61. The predicted molar refractivity (Wildman–Crippen MR) is 74.5 cm³/mol. The molecule has 1 fully saturated rings. The van der Waals surface area contributed by atoms with Crippen molar-refractivity contribution >= 4 is 23.2 Å². The summed E-state index contributed by atoms with van der Waals surface area (Å²) in [5, 5.41) is 11.2.